The fraction of sp³-hybridized carbons (Fsp3) is 0.667. The normalized spacial score (nSPS) is 33.8. The molecule has 0 radical (unpaired) electrons. The number of hydrogen-bond donors (Lipinski definition) is 0. The van der Waals surface area contributed by atoms with Crippen molar-refractivity contribution in [2.75, 3.05) is 40.8 Å². The molecular formula is C18H25FN2O4S. The van der Waals surface area contributed by atoms with Gasteiger partial charge in [0.05, 0.1) is 23.7 Å². The highest BCUT2D eigenvalue weighted by Crippen LogP contribution is 2.55. The van der Waals surface area contributed by atoms with Crippen LogP contribution in [0.4, 0.5) is 4.39 Å². The van der Waals surface area contributed by atoms with Crippen molar-refractivity contribution in [1.82, 2.24) is 9.21 Å². The lowest BCUT2D eigenvalue weighted by molar-refractivity contribution is 0.00739. The molecule has 0 aromatic heterocycles. The second-order valence-corrected chi connectivity index (χ2v) is 9.82. The highest BCUT2D eigenvalue weighted by molar-refractivity contribution is 7.89. The van der Waals surface area contributed by atoms with Crippen molar-refractivity contribution >= 4 is 10.0 Å². The third kappa shape index (κ3) is 2.66. The largest absolute Gasteiger partial charge is 0.494 e. The van der Waals surface area contributed by atoms with Crippen molar-refractivity contribution in [1.29, 1.82) is 0 Å². The Morgan fingerprint density at radius 3 is 2.85 bits per heavy atom. The van der Waals surface area contributed by atoms with Gasteiger partial charge < -0.3 is 14.4 Å². The molecule has 144 valence electrons. The second-order valence-electron chi connectivity index (χ2n) is 7.89. The van der Waals surface area contributed by atoms with E-state index in [0.29, 0.717) is 19.0 Å². The third-order valence-electron chi connectivity index (χ3n) is 6.09. The van der Waals surface area contributed by atoms with Gasteiger partial charge >= 0.3 is 0 Å². The smallest absolute Gasteiger partial charge is 0.243 e. The van der Waals surface area contributed by atoms with Crippen molar-refractivity contribution in [3.63, 3.8) is 0 Å². The molecule has 3 aliphatic rings. The highest BCUT2D eigenvalue weighted by atomic mass is 32.2. The summed E-state index contributed by atoms with van der Waals surface area (Å²) in [6.45, 7) is 1.68. The highest BCUT2D eigenvalue weighted by Gasteiger charge is 2.64. The van der Waals surface area contributed by atoms with Gasteiger partial charge in [-0.15, -0.1) is 0 Å². The Balaban J connectivity index is 1.61. The first-order chi connectivity index (χ1) is 12.3. The zero-order valence-corrected chi connectivity index (χ0v) is 16.1. The first kappa shape index (κ1) is 18.2. The van der Waals surface area contributed by atoms with Gasteiger partial charge in [-0.3, -0.25) is 0 Å². The fourth-order valence-electron chi connectivity index (χ4n) is 4.95. The topological polar surface area (TPSA) is 59.1 Å². The number of sulfonamides is 1. The van der Waals surface area contributed by atoms with Gasteiger partial charge in [0.15, 0.2) is 11.6 Å². The molecule has 3 heterocycles. The van der Waals surface area contributed by atoms with Gasteiger partial charge in [-0.2, -0.15) is 4.31 Å². The summed E-state index contributed by atoms with van der Waals surface area (Å²) in [5, 5.41) is 0. The van der Waals surface area contributed by atoms with Crippen molar-refractivity contribution < 1.29 is 22.3 Å². The molecule has 0 unspecified atom stereocenters. The summed E-state index contributed by atoms with van der Waals surface area (Å²) in [5.41, 5.74) is -0.372. The van der Waals surface area contributed by atoms with Crippen LogP contribution in [0.3, 0.4) is 0 Å². The third-order valence-corrected chi connectivity index (χ3v) is 7.90. The van der Waals surface area contributed by atoms with Gasteiger partial charge in [0.25, 0.3) is 0 Å². The van der Waals surface area contributed by atoms with E-state index in [9.17, 15) is 12.8 Å². The summed E-state index contributed by atoms with van der Waals surface area (Å²) >= 11 is 0. The van der Waals surface area contributed by atoms with Crippen LogP contribution in [-0.2, 0) is 14.8 Å². The van der Waals surface area contributed by atoms with E-state index in [-0.39, 0.29) is 28.3 Å². The standard InChI is InChI=1S/C18H25FN2O4S/c1-20(2)9-13-14-10-21(11-18(14)7-6-16(13)25-18)26(22,23)12-4-5-17(24-3)15(19)8-12/h4-5,8,13-14,16H,6-7,9-11H2,1-3H3/t13-,14+,16+,18+/m0/s1. The molecule has 4 rings (SSSR count). The van der Waals surface area contributed by atoms with Crippen molar-refractivity contribution in [3.05, 3.63) is 24.0 Å². The zero-order valence-electron chi connectivity index (χ0n) is 15.3. The summed E-state index contributed by atoms with van der Waals surface area (Å²) in [5.74, 6) is -0.101. The number of benzene rings is 1. The number of methoxy groups -OCH3 is 1. The maximum absolute atomic E-state index is 14.0. The first-order valence-corrected chi connectivity index (χ1v) is 10.4. The maximum Gasteiger partial charge on any atom is 0.243 e. The Kier molecular flexibility index (Phi) is 4.30. The molecule has 0 aliphatic carbocycles. The zero-order chi connectivity index (χ0) is 18.7. The second kappa shape index (κ2) is 6.15. The summed E-state index contributed by atoms with van der Waals surface area (Å²) in [7, 11) is 1.65. The van der Waals surface area contributed by atoms with Crippen LogP contribution in [-0.4, -0.2) is 70.2 Å². The van der Waals surface area contributed by atoms with E-state index >= 15 is 0 Å². The molecule has 26 heavy (non-hydrogen) atoms. The molecule has 0 amide bonds. The van der Waals surface area contributed by atoms with Gasteiger partial charge in [-0.05, 0) is 45.1 Å². The molecule has 8 heteroatoms. The Morgan fingerprint density at radius 1 is 1.42 bits per heavy atom. The molecule has 1 aromatic carbocycles. The van der Waals surface area contributed by atoms with E-state index in [2.05, 4.69) is 4.90 Å². The van der Waals surface area contributed by atoms with E-state index in [1.54, 1.807) is 0 Å². The molecule has 3 fully saturated rings. The summed E-state index contributed by atoms with van der Waals surface area (Å²) in [6.07, 6.45) is 2.11. The minimum atomic E-state index is -3.77. The van der Waals surface area contributed by atoms with Crippen molar-refractivity contribution in [2.45, 2.75) is 29.4 Å². The van der Waals surface area contributed by atoms with E-state index in [1.807, 2.05) is 14.1 Å². The number of fused-ring (bicyclic) bond motifs is 1. The molecule has 4 atom stereocenters. The summed E-state index contributed by atoms with van der Waals surface area (Å²) in [4.78, 5) is 2.10. The van der Waals surface area contributed by atoms with Gasteiger partial charge in [0.2, 0.25) is 10.0 Å². The molecule has 3 aliphatic heterocycles. The van der Waals surface area contributed by atoms with E-state index in [4.69, 9.17) is 9.47 Å². The minimum absolute atomic E-state index is 0.0360. The Hall–Kier alpha value is -1.22. The number of rotatable bonds is 5. The number of ether oxygens (including phenoxy) is 2. The quantitative estimate of drug-likeness (QED) is 0.771. The van der Waals surface area contributed by atoms with Crippen LogP contribution < -0.4 is 4.74 Å². The van der Waals surface area contributed by atoms with Crippen LogP contribution in [0.15, 0.2) is 23.1 Å². The summed E-state index contributed by atoms with van der Waals surface area (Å²) in [6, 6.07) is 3.79. The lowest BCUT2D eigenvalue weighted by atomic mass is 9.73. The Bertz CT molecular complexity index is 815. The molecule has 2 bridgehead atoms. The maximum atomic E-state index is 14.0. The van der Waals surface area contributed by atoms with E-state index < -0.39 is 15.8 Å². The van der Waals surface area contributed by atoms with E-state index in [1.165, 1.54) is 23.5 Å². The first-order valence-electron chi connectivity index (χ1n) is 8.93. The number of nitrogens with zero attached hydrogens (tertiary/aromatic N) is 2. The van der Waals surface area contributed by atoms with Crippen LogP contribution in [0.1, 0.15) is 12.8 Å². The SMILES string of the molecule is COc1ccc(S(=O)(=O)N2C[C@@H]3[C@H](CN(C)C)[C@H]4CC[C@]3(C2)O4)cc1F. The molecule has 0 N–H and O–H groups in total. The van der Waals surface area contributed by atoms with Gasteiger partial charge in [0.1, 0.15) is 0 Å². The molecule has 1 spiro atoms. The fourth-order valence-corrected chi connectivity index (χ4v) is 6.49. The number of hydrogen-bond acceptors (Lipinski definition) is 5. The molecule has 0 saturated carbocycles. The van der Waals surface area contributed by atoms with E-state index in [0.717, 1.165) is 25.5 Å². The molecule has 6 nitrogen and oxygen atoms in total. The average molecular weight is 384 g/mol. The lowest BCUT2D eigenvalue weighted by Crippen LogP contribution is -2.40. The Morgan fingerprint density at radius 2 is 2.19 bits per heavy atom. The van der Waals surface area contributed by atoms with Crippen molar-refractivity contribution in [3.8, 4) is 5.75 Å². The average Bonchev–Trinajstić information content (AvgIpc) is 3.24. The molecule has 1 aromatic rings. The predicted molar refractivity (Wildman–Crippen MR) is 94.1 cm³/mol. The van der Waals surface area contributed by atoms with Crippen LogP contribution in [0, 0.1) is 17.7 Å². The van der Waals surface area contributed by atoms with Crippen LogP contribution in [0.5, 0.6) is 5.75 Å². The predicted octanol–water partition coefficient (Wildman–Crippen LogP) is 1.56. The summed E-state index contributed by atoms with van der Waals surface area (Å²) < 4.78 is 52.8. The van der Waals surface area contributed by atoms with Gasteiger partial charge in [-0.25, -0.2) is 12.8 Å². The van der Waals surface area contributed by atoms with Crippen molar-refractivity contribution in [2.24, 2.45) is 11.8 Å². The van der Waals surface area contributed by atoms with Gasteiger partial charge in [0, 0.05) is 31.5 Å². The van der Waals surface area contributed by atoms with Crippen LogP contribution in [0.2, 0.25) is 0 Å². The monoisotopic (exact) mass is 384 g/mol. The minimum Gasteiger partial charge on any atom is -0.494 e. The molecule has 3 saturated heterocycles. The van der Waals surface area contributed by atoms with Crippen LogP contribution in [0.25, 0.3) is 0 Å². The Labute approximate surface area is 153 Å². The van der Waals surface area contributed by atoms with Crippen LogP contribution >= 0.6 is 0 Å². The van der Waals surface area contributed by atoms with Gasteiger partial charge in [-0.1, -0.05) is 0 Å². The number of halogens is 1. The lowest BCUT2D eigenvalue weighted by Gasteiger charge is -2.31. The molecular weight excluding hydrogens is 359 g/mol.